The summed E-state index contributed by atoms with van der Waals surface area (Å²) >= 11 is 6.17. The number of rotatable bonds is 7. The molecule has 0 saturated carbocycles. The van der Waals surface area contributed by atoms with E-state index in [1.165, 1.54) is 12.5 Å². The van der Waals surface area contributed by atoms with Gasteiger partial charge in [0.2, 0.25) is 11.8 Å². The minimum atomic E-state index is -4.72. The Hall–Kier alpha value is -3.55. The van der Waals surface area contributed by atoms with Gasteiger partial charge in [-0.05, 0) is 81.3 Å². The van der Waals surface area contributed by atoms with Gasteiger partial charge in [-0.15, -0.1) is 0 Å². The van der Waals surface area contributed by atoms with Gasteiger partial charge in [0.25, 0.3) is 0 Å². The molecule has 276 valence electrons. The lowest BCUT2D eigenvalue weighted by Crippen LogP contribution is -2.54. The number of benzene rings is 2. The normalized spacial score (nSPS) is 24.4. The molecular weight excluding hydrogens is 683 g/mol. The molecule has 2 aromatic carbocycles. The van der Waals surface area contributed by atoms with E-state index in [0.29, 0.717) is 63.7 Å². The van der Waals surface area contributed by atoms with Gasteiger partial charge in [-0.1, -0.05) is 29.8 Å². The summed E-state index contributed by atoms with van der Waals surface area (Å²) in [6.07, 6.45) is -0.159. The quantitative estimate of drug-likeness (QED) is 0.391. The van der Waals surface area contributed by atoms with Crippen LogP contribution in [0, 0.1) is 5.92 Å². The summed E-state index contributed by atoms with van der Waals surface area (Å²) < 4.78 is 41.6. The molecule has 5 heterocycles. The summed E-state index contributed by atoms with van der Waals surface area (Å²) in [6.45, 7) is 4.62. The molecule has 4 amide bonds. The molecule has 3 N–H and O–H groups in total. The third-order valence-corrected chi connectivity index (χ3v) is 12.3. The molecule has 2 bridgehead atoms. The highest BCUT2D eigenvalue weighted by atomic mass is 35.5. The minimum Gasteiger partial charge on any atom is -0.397 e. The van der Waals surface area contributed by atoms with E-state index in [9.17, 15) is 27.6 Å². The first-order valence-electron chi connectivity index (χ1n) is 18.2. The Morgan fingerprint density at radius 2 is 1.63 bits per heavy atom. The van der Waals surface area contributed by atoms with E-state index in [1.54, 1.807) is 9.80 Å². The maximum Gasteiger partial charge on any atom is 0.418 e. The number of nitrogens with zero attached hydrogens (tertiary/aromatic N) is 5. The first kappa shape index (κ1) is 35.8. The Morgan fingerprint density at radius 1 is 0.941 bits per heavy atom. The lowest BCUT2D eigenvalue weighted by Gasteiger charge is -2.42. The summed E-state index contributed by atoms with van der Waals surface area (Å²) in [5, 5.41) is 2.79. The maximum absolute atomic E-state index is 14.2. The van der Waals surface area contributed by atoms with Crippen LogP contribution in [0.15, 0.2) is 36.4 Å². The van der Waals surface area contributed by atoms with Crippen molar-refractivity contribution in [2.45, 2.75) is 81.7 Å². The number of carbonyl (C=O) groups is 3. The second-order valence-electron chi connectivity index (χ2n) is 15.0. The minimum absolute atomic E-state index is 0.0361. The molecule has 51 heavy (non-hydrogen) atoms. The third-order valence-electron chi connectivity index (χ3n) is 11.9. The number of halogens is 4. The SMILES string of the molecule is CN1CC2CC1CN2C1CCN(C(=O)C(CC(=O)N2CCC(N3CCc4ccccc4NC3=O)CC2)Cc2cc(Cl)c(N)c(C(F)(F)F)c2)CC1. The number of carbonyl (C=O) groups excluding carboxylic acids is 3. The second kappa shape index (κ2) is 14.5. The van der Waals surface area contributed by atoms with Crippen LogP contribution in [0.1, 0.15) is 55.2 Å². The van der Waals surface area contributed by atoms with Gasteiger partial charge in [0, 0.05) is 82.1 Å². The summed E-state index contributed by atoms with van der Waals surface area (Å²) in [5.41, 5.74) is 6.22. The highest BCUT2D eigenvalue weighted by Gasteiger charge is 2.45. The van der Waals surface area contributed by atoms with E-state index in [4.69, 9.17) is 17.3 Å². The molecule has 0 aliphatic carbocycles. The van der Waals surface area contributed by atoms with Gasteiger partial charge < -0.3 is 30.7 Å². The molecular formula is C37H47ClF3N7O3. The molecule has 14 heteroatoms. The average molecular weight is 730 g/mol. The van der Waals surface area contributed by atoms with Gasteiger partial charge in [0.15, 0.2) is 0 Å². The fourth-order valence-corrected chi connectivity index (χ4v) is 9.32. The van der Waals surface area contributed by atoms with Crippen LogP contribution in [-0.4, -0.2) is 119 Å². The van der Waals surface area contributed by atoms with E-state index in [1.807, 2.05) is 29.2 Å². The largest absolute Gasteiger partial charge is 0.418 e. The van der Waals surface area contributed by atoms with Crippen LogP contribution in [0.3, 0.4) is 0 Å². The molecule has 7 rings (SSSR count). The van der Waals surface area contributed by atoms with Crippen LogP contribution in [0.25, 0.3) is 0 Å². The van der Waals surface area contributed by atoms with Crippen LogP contribution in [-0.2, 0) is 28.6 Å². The van der Waals surface area contributed by atoms with Crippen LogP contribution in [0.2, 0.25) is 5.02 Å². The number of fused-ring (bicyclic) bond motifs is 3. The number of hydrogen-bond acceptors (Lipinski definition) is 6. The first-order chi connectivity index (χ1) is 24.4. The molecule has 3 atom stereocenters. The fraction of sp³-hybridized carbons (Fsp3) is 0.595. The Labute approximate surface area is 302 Å². The topological polar surface area (TPSA) is 105 Å². The van der Waals surface area contributed by atoms with E-state index >= 15 is 0 Å². The van der Waals surface area contributed by atoms with Crippen molar-refractivity contribution in [2.24, 2.45) is 5.92 Å². The molecule has 0 spiro atoms. The van der Waals surface area contributed by atoms with Gasteiger partial charge in [-0.2, -0.15) is 13.2 Å². The Morgan fingerprint density at radius 3 is 2.29 bits per heavy atom. The van der Waals surface area contributed by atoms with Gasteiger partial charge in [-0.3, -0.25) is 14.5 Å². The van der Waals surface area contributed by atoms with E-state index in [2.05, 4.69) is 22.2 Å². The first-order valence-corrected chi connectivity index (χ1v) is 18.6. The number of nitrogen functional groups attached to an aromatic ring is 1. The summed E-state index contributed by atoms with van der Waals surface area (Å²) in [7, 11) is 2.17. The van der Waals surface area contributed by atoms with Crippen LogP contribution in [0.5, 0.6) is 0 Å². The number of amides is 4. The van der Waals surface area contributed by atoms with Gasteiger partial charge in [-0.25, -0.2) is 4.79 Å². The highest BCUT2D eigenvalue weighted by Crippen LogP contribution is 2.39. The van der Waals surface area contributed by atoms with Crippen molar-refractivity contribution in [3.8, 4) is 0 Å². The van der Waals surface area contributed by atoms with Crippen LogP contribution in [0.4, 0.5) is 29.3 Å². The molecule has 0 radical (unpaired) electrons. The van der Waals surface area contributed by atoms with Crippen LogP contribution >= 0.6 is 11.6 Å². The summed E-state index contributed by atoms with van der Waals surface area (Å²) in [5.74, 6) is -1.30. The monoisotopic (exact) mass is 729 g/mol. The number of alkyl halides is 3. The van der Waals surface area contributed by atoms with Crippen molar-refractivity contribution in [1.82, 2.24) is 24.5 Å². The molecule has 2 aromatic rings. The number of nitrogens with one attached hydrogen (secondary N) is 1. The molecule has 0 aromatic heterocycles. The van der Waals surface area contributed by atoms with Crippen molar-refractivity contribution >= 4 is 40.8 Å². The maximum atomic E-state index is 14.2. The molecule has 10 nitrogen and oxygen atoms in total. The fourth-order valence-electron chi connectivity index (χ4n) is 9.08. The van der Waals surface area contributed by atoms with Gasteiger partial charge >= 0.3 is 12.2 Å². The van der Waals surface area contributed by atoms with E-state index in [-0.39, 0.29) is 47.3 Å². The van der Waals surface area contributed by atoms with Crippen molar-refractivity contribution in [2.75, 3.05) is 63.9 Å². The number of nitrogens with two attached hydrogens (primary N) is 1. The number of likely N-dealkylation sites (tertiary alicyclic amines) is 4. The summed E-state index contributed by atoms with van der Waals surface area (Å²) in [4.78, 5) is 51.5. The van der Waals surface area contributed by atoms with Gasteiger partial charge in [0.1, 0.15) is 0 Å². The van der Waals surface area contributed by atoms with E-state index < -0.39 is 23.3 Å². The predicted molar refractivity (Wildman–Crippen MR) is 189 cm³/mol. The number of hydrogen-bond donors (Lipinski definition) is 2. The van der Waals surface area contributed by atoms with Gasteiger partial charge in [0.05, 0.1) is 22.2 Å². The number of para-hydroxylation sites is 1. The standard InChI is InChI=1S/C37H47ClF3N7O3/c1-44-21-29-20-28(44)22-48(29)27-9-13-46(14-10-27)35(50)25(16-23-17-30(37(39,40)41)34(42)31(38)18-23)19-33(49)45-11-7-26(8-12-45)47-15-6-24-4-2-3-5-32(24)43-36(47)51/h2-5,17-18,25-29H,6-16,19-22,42H2,1H3,(H,43,51). The van der Waals surface area contributed by atoms with E-state index in [0.717, 1.165) is 49.7 Å². The van der Waals surface area contributed by atoms with Crippen molar-refractivity contribution < 1.29 is 27.6 Å². The average Bonchev–Trinajstić information content (AvgIpc) is 3.64. The number of piperidine rings is 2. The third kappa shape index (κ3) is 7.52. The van der Waals surface area contributed by atoms with Crippen LogP contribution < -0.4 is 11.1 Å². The number of anilines is 2. The molecule has 4 fully saturated rings. The molecule has 5 aliphatic heterocycles. The number of piperazine rings is 1. The zero-order chi connectivity index (χ0) is 36.0. The number of urea groups is 1. The zero-order valence-corrected chi connectivity index (χ0v) is 29.8. The smallest absolute Gasteiger partial charge is 0.397 e. The highest BCUT2D eigenvalue weighted by molar-refractivity contribution is 6.33. The van der Waals surface area contributed by atoms with Crippen molar-refractivity contribution in [3.63, 3.8) is 0 Å². The Balaban J connectivity index is 1.02. The molecule has 4 saturated heterocycles. The Bertz CT molecular complexity index is 1640. The number of likely N-dealkylation sites (N-methyl/N-ethyl adjacent to an activating group) is 1. The van der Waals surface area contributed by atoms with Crippen molar-refractivity contribution in [3.05, 3.63) is 58.1 Å². The lowest BCUT2D eigenvalue weighted by molar-refractivity contribution is -0.143. The molecule has 3 unspecified atom stereocenters. The zero-order valence-electron chi connectivity index (χ0n) is 29.0. The second-order valence-corrected chi connectivity index (χ2v) is 15.4. The Kier molecular flexibility index (Phi) is 10.2. The van der Waals surface area contributed by atoms with Crippen molar-refractivity contribution in [1.29, 1.82) is 0 Å². The molecule has 5 aliphatic rings. The summed E-state index contributed by atoms with van der Waals surface area (Å²) in [6, 6.07) is 11.4. The predicted octanol–water partition coefficient (Wildman–Crippen LogP) is 4.95. The lowest BCUT2D eigenvalue weighted by atomic mass is 9.91.